The Bertz CT molecular complexity index is 2420. The fourth-order valence-electron chi connectivity index (χ4n) is 11.5. The lowest BCUT2D eigenvalue weighted by Crippen LogP contribution is -2.70. The Morgan fingerprint density at radius 3 is 2.16 bits per heavy atom. The van der Waals surface area contributed by atoms with Crippen LogP contribution in [-0.2, 0) is 21.0 Å². The summed E-state index contributed by atoms with van der Waals surface area (Å²) < 4.78 is 21.4. The Kier molecular flexibility index (Phi) is 21.1. The molecule has 0 radical (unpaired) electrons. The first-order valence-corrected chi connectivity index (χ1v) is 27.3. The van der Waals surface area contributed by atoms with Crippen LogP contribution in [0.4, 0.5) is 5.69 Å². The number of carbonyl (C=O) groups excluding carboxylic acids is 1. The number of nitrogens with zero attached hydrogens (tertiary/aromatic N) is 3. The van der Waals surface area contributed by atoms with Crippen molar-refractivity contribution in [2.24, 2.45) is 22.9 Å². The van der Waals surface area contributed by atoms with Gasteiger partial charge in [0.1, 0.15) is 29.9 Å². The second-order valence-corrected chi connectivity index (χ2v) is 20.1. The summed E-state index contributed by atoms with van der Waals surface area (Å²) in [4.78, 5) is 34.3. The predicted octanol–water partition coefficient (Wildman–Crippen LogP) is 14.0. The zero-order valence-corrected chi connectivity index (χ0v) is 43.3. The number of amides is 1. The smallest absolute Gasteiger partial charge is 0.269 e. The Labute approximate surface area is 433 Å². The monoisotopic (exact) mass is 998 g/mol. The molecule has 0 bridgehead atoms. The lowest BCUT2D eigenvalue weighted by molar-refractivity contribution is -0.384. The van der Waals surface area contributed by atoms with Crippen LogP contribution < -0.4 is 9.47 Å². The molecule has 392 valence electrons. The number of fused-ring (bicyclic) bond motifs is 2. The van der Waals surface area contributed by atoms with Crippen molar-refractivity contribution in [2.45, 2.75) is 154 Å². The van der Waals surface area contributed by atoms with Crippen molar-refractivity contribution in [3.8, 4) is 28.4 Å². The summed E-state index contributed by atoms with van der Waals surface area (Å²) in [6, 6.07) is 30.1. The third-order valence-corrected chi connectivity index (χ3v) is 15.1. The standard InChI is InChI=1S/C61H79N3O9/c1-4-7-8-9-10-11-12-13-17-26-58(67)63(37-5-2)57-43-55(62-71-44-45-27-31-49(32-28-45)64(68)69)53-41-48(24-18-20-38-65)52(25-19-21-39-66)59-54-42-51(35-36-56(54)73-61(57,60(53)59)70-40-6-3)72-50-33-29-47(30-34-50)46-22-15-14-16-23-46/h6,14-16,22-23,27-36,41-42,48,52,57,59-60,65-66H,3-5,7-13,17-21,24-26,37-40,43-44H2,1-2H3. The van der Waals surface area contributed by atoms with Gasteiger partial charge in [0.15, 0.2) is 0 Å². The van der Waals surface area contributed by atoms with E-state index in [2.05, 4.69) is 56.8 Å². The number of hydrogen-bond acceptors (Lipinski definition) is 10. The molecule has 0 saturated heterocycles. The van der Waals surface area contributed by atoms with E-state index < -0.39 is 22.7 Å². The zero-order valence-electron chi connectivity index (χ0n) is 43.3. The van der Waals surface area contributed by atoms with E-state index in [1.807, 2.05) is 47.4 Å². The number of benzene rings is 4. The van der Waals surface area contributed by atoms with Crippen molar-refractivity contribution in [1.82, 2.24) is 4.90 Å². The summed E-state index contributed by atoms with van der Waals surface area (Å²) in [5, 5.41) is 36.6. The highest BCUT2D eigenvalue weighted by Crippen LogP contribution is 2.62. The summed E-state index contributed by atoms with van der Waals surface area (Å²) in [7, 11) is 0. The van der Waals surface area contributed by atoms with Gasteiger partial charge >= 0.3 is 0 Å². The van der Waals surface area contributed by atoms with E-state index in [4.69, 9.17) is 24.2 Å². The van der Waals surface area contributed by atoms with E-state index in [0.29, 0.717) is 55.2 Å². The van der Waals surface area contributed by atoms with Crippen LogP contribution in [0, 0.1) is 27.9 Å². The van der Waals surface area contributed by atoms with E-state index in [0.717, 1.165) is 79.2 Å². The van der Waals surface area contributed by atoms with Crippen LogP contribution in [0.5, 0.6) is 17.2 Å². The van der Waals surface area contributed by atoms with E-state index in [1.54, 1.807) is 18.2 Å². The van der Waals surface area contributed by atoms with Crippen molar-refractivity contribution >= 4 is 17.3 Å². The van der Waals surface area contributed by atoms with E-state index in [-0.39, 0.29) is 55.8 Å². The maximum atomic E-state index is 15.0. The first-order valence-electron chi connectivity index (χ1n) is 27.3. The van der Waals surface area contributed by atoms with E-state index in [9.17, 15) is 25.1 Å². The summed E-state index contributed by atoms with van der Waals surface area (Å²) in [6.45, 7) is 9.36. The van der Waals surface area contributed by atoms with Crippen LogP contribution >= 0.6 is 0 Å². The third kappa shape index (κ3) is 14.1. The predicted molar refractivity (Wildman–Crippen MR) is 289 cm³/mol. The van der Waals surface area contributed by atoms with Crippen molar-refractivity contribution in [1.29, 1.82) is 0 Å². The number of rotatable bonds is 31. The van der Waals surface area contributed by atoms with Gasteiger partial charge in [-0.1, -0.05) is 138 Å². The number of hydrogen-bond donors (Lipinski definition) is 2. The second-order valence-electron chi connectivity index (χ2n) is 20.1. The van der Waals surface area contributed by atoms with Crippen LogP contribution in [0.3, 0.4) is 0 Å². The molecular weight excluding hydrogens is 919 g/mol. The van der Waals surface area contributed by atoms with Gasteiger partial charge in [-0.3, -0.25) is 14.9 Å². The fraction of sp³-hybridized carbons (Fsp3) is 0.508. The Balaban J connectivity index is 1.32. The number of unbranched alkanes of at least 4 members (excludes halogenated alkanes) is 10. The Morgan fingerprint density at radius 1 is 0.822 bits per heavy atom. The van der Waals surface area contributed by atoms with Crippen molar-refractivity contribution < 1.29 is 39.0 Å². The van der Waals surface area contributed by atoms with Crippen LogP contribution in [-0.4, -0.2) is 69.8 Å². The molecule has 6 unspecified atom stereocenters. The number of oxime groups is 1. The van der Waals surface area contributed by atoms with Gasteiger partial charge in [0.05, 0.1) is 23.2 Å². The molecule has 73 heavy (non-hydrogen) atoms. The second kappa shape index (κ2) is 28.0. The van der Waals surface area contributed by atoms with Gasteiger partial charge in [-0.05, 0) is 115 Å². The molecule has 1 saturated carbocycles. The Morgan fingerprint density at radius 2 is 1.49 bits per heavy atom. The molecule has 2 aliphatic carbocycles. The summed E-state index contributed by atoms with van der Waals surface area (Å²) >= 11 is 0. The summed E-state index contributed by atoms with van der Waals surface area (Å²) in [6.07, 6.45) is 20.4. The molecule has 0 aromatic heterocycles. The first kappa shape index (κ1) is 54.9. The highest BCUT2D eigenvalue weighted by atomic mass is 16.7. The topological polar surface area (TPSA) is 153 Å². The van der Waals surface area contributed by atoms with Crippen molar-refractivity contribution in [3.05, 3.63) is 143 Å². The fourth-order valence-corrected chi connectivity index (χ4v) is 11.5. The molecule has 12 heteroatoms. The largest absolute Gasteiger partial charge is 0.459 e. The van der Waals surface area contributed by atoms with Gasteiger partial charge in [0.25, 0.3) is 5.69 Å². The first-order chi connectivity index (χ1) is 35.7. The van der Waals surface area contributed by atoms with Gasteiger partial charge in [0.2, 0.25) is 11.7 Å². The van der Waals surface area contributed by atoms with Crippen LogP contribution in [0.25, 0.3) is 11.1 Å². The number of allylic oxidation sites excluding steroid dienone is 1. The SMILES string of the molecule is C=CCOC12Oc3ccc(Oc4ccc(-c5ccccc5)cc4)cc3C3C(CCCCO)C(CCCCO)C=C(C(=NOCc4ccc([N+](=O)[O-])cc4)CC1N(CCC)C(=O)CCCCCCCCCCC)C32. The molecule has 1 amide bonds. The molecule has 12 nitrogen and oxygen atoms in total. The van der Waals surface area contributed by atoms with Gasteiger partial charge in [-0.2, -0.15) is 0 Å². The normalized spacial score (nSPS) is 21.3. The lowest BCUT2D eigenvalue weighted by atomic mass is 9.55. The molecule has 0 spiro atoms. The molecule has 6 atom stereocenters. The van der Waals surface area contributed by atoms with Crippen LogP contribution in [0.1, 0.15) is 146 Å². The van der Waals surface area contributed by atoms with E-state index in [1.165, 1.54) is 50.7 Å². The summed E-state index contributed by atoms with van der Waals surface area (Å²) in [5.41, 5.74) is 5.56. The minimum absolute atomic E-state index is 0.00423. The lowest BCUT2D eigenvalue weighted by Gasteiger charge is -2.60. The number of ether oxygens (including phenoxy) is 3. The number of non-ortho nitro benzene ring substituents is 1. The molecule has 1 heterocycles. The molecule has 4 aromatic carbocycles. The number of nitro groups is 1. The van der Waals surface area contributed by atoms with Crippen LogP contribution in [0.2, 0.25) is 0 Å². The number of carbonyl (C=O) groups is 1. The molecule has 1 aliphatic heterocycles. The average molecular weight is 998 g/mol. The molecule has 3 aliphatic rings. The summed E-state index contributed by atoms with van der Waals surface area (Å²) in [5.74, 6) is 0.143. The third-order valence-electron chi connectivity index (χ3n) is 15.1. The van der Waals surface area contributed by atoms with Gasteiger partial charge in [0, 0.05) is 56.2 Å². The van der Waals surface area contributed by atoms with Crippen molar-refractivity contribution in [2.75, 3.05) is 26.4 Å². The quantitative estimate of drug-likeness (QED) is 0.0217. The molecule has 4 aromatic rings. The minimum Gasteiger partial charge on any atom is -0.459 e. The van der Waals surface area contributed by atoms with E-state index >= 15 is 0 Å². The Hall–Kier alpha value is -5.82. The molecule has 2 N–H and O–H groups in total. The number of nitro benzene ring substituents is 1. The van der Waals surface area contributed by atoms with Crippen molar-refractivity contribution in [3.63, 3.8) is 0 Å². The highest BCUT2D eigenvalue weighted by molar-refractivity contribution is 6.03. The maximum absolute atomic E-state index is 15.0. The average Bonchev–Trinajstić information content (AvgIpc) is 3.41. The molecule has 7 rings (SSSR count). The molecule has 1 fully saturated rings. The highest BCUT2D eigenvalue weighted by Gasteiger charge is 2.65. The van der Waals surface area contributed by atoms with Gasteiger partial charge in [-0.15, -0.1) is 6.58 Å². The zero-order chi connectivity index (χ0) is 51.4. The minimum atomic E-state index is -1.36. The number of aliphatic hydroxyl groups excluding tert-OH is 2. The molecular formula is C61H79N3O9. The maximum Gasteiger partial charge on any atom is 0.269 e. The van der Waals surface area contributed by atoms with Gasteiger partial charge in [-0.25, -0.2) is 0 Å². The van der Waals surface area contributed by atoms with Crippen LogP contribution in [0.15, 0.2) is 127 Å². The van der Waals surface area contributed by atoms with Gasteiger partial charge < -0.3 is 34.2 Å². The number of aliphatic hydroxyl groups is 2.